The van der Waals surface area contributed by atoms with E-state index in [4.69, 9.17) is 0 Å². The lowest BCUT2D eigenvalue weighted by molar-refractivity contribution is -0.119. The van der Waals surface area contributed by atoms with Crippen LogP contribution in [0.2, 0.25) is 0 Å². The number of ketones is 1. The molecule has 1 saturated heterocycles. The molecule has 1 aliphatic heterocycles. The molecular weight excluding hydrogens is 660 g/mol. The van der Waals surface area contributed by atoms with Gasteiger partial charge in [0.15, 0.2) is 0 Å². The molecule has 2 atom stereocenters. The molecule has 1 aliphatic rings. The minimum atomic E-state index is -0.976. The monoisotopic (exact) mass is 720 g/mol. The fourth-order valence-corrected chi connectivity index (χ4v) is 11.5. The summed E-state index contributed by atoms with van der Waals surface area (Å²) in [7, 11) is -0.976. The van der Waals surface area contributed by atoms with Gasteiger partial charge in [-0.1, -0.05) is 206 Å². The van der Waals surface area contributed by atoms with Crippen molar-refractivity contribution in [3.05, 3.63) is 149 Å². The summed E-state index contributed by atoms with van der Waals surface area (Å²) < 4.78 is 0. The Labute approximate surface area is 322 Å². The van der Waals surface area contributed by atoms with E-state index in [1.807, 2.05) is 0 Å². The molecule has 1 fully saturated rings. The summed E-state index contributed by atoms with van der Waals surface area (Å²) >= 11 is 0. The Balaban J connectivity index is 1.75. The second-order valence-electron chi connectivity index (χ2n) is 19.5. The number of Topliss-reactive ketones (excluding diaryl/α,β-unsaturated/α-hetero) is 1. The van der Waals surface area contributed by atoms with E-state index >= 15 is 0 Å². The molecule has 0 saturated carbocycles. The van der Waals surface area contributed by atoms with Crippen molar-refractivity contribution in [1.29, 1.82) is 0 Å². The molecule has 2 unspecified atom stereocenters. The number of carbonyl (C=O) groups excluding carboxylic acids is 1. The average Bonchev–Trinajstić information content (AvgIpc) is 3.10. The summed E-state index contributed by atoms with van der Waals surface area (Å²) in [4.78, 5) is 14.5. The molecule has 1 heterocycles. The van der Waals surface area contributed by atoms with Crippen LogP contribution in [0.1, 0.15) is 141 Å². The van der Waals surface area contributed by atoms with E-state index in [1.54, 1.807) is 0 Å². The van der Waals surface area contributed by atoms with E-state index in [2.05, 4.69) is 198 Å². The molecule has 0 bridgehead atoms. The van der Waals surface area contributed by atoms with Crippen molar-refractivity contribution in [2.24, 2.45) is 0 Å². The first-order valence-electron chi connectivity index (χ1n) is 19.6. The van der Waals surface area contributed by atoms with Crippen molar-refractivity contribution >= 4 is 19.0 Å². The first-order valence-corrected chi connectivity index (χ1v) is 21.1. The van der Waals surface area contributed by atoms with E-state index < -0.39 is 7.92 Å². The normalized spacial score (nSPS) is 18.6. The van der Waals surface area contributed by atoms with Gasteiger partial charge in [0.25, 0.3) is 0 Å². The van der Waals surface area contributed by atoms with Gasteiger partial charge in [0.05, 0.1) is 0 Å². The van der Waals surface area contributed by atoms with Crippen LogP contribution in [0.15, 0.2) is 115 Å². The van der Waals surface area contributed by atoms with Gasteiger partial charge in [-0.15, -0.1) is 0 Å². The zero-order valence-corrected chi connectivity index (χ0v) is 35.3. The molecule has 0 radical (unpaired) electrons. The number of carbonyl (C=O) groups is 1. The molecule has 53 heavy (non-hydrogen) atoms. The molecular formula is C51H61OP. The van der Waals surface area contributed by atoms with E-state index in [0.717, 1.165) is 0 Å². The average molecular weight is 721 g/mol. The number of hydrogen-bond acceptors (Lipinski definition) is 1. The summed E-state index contributed by atoms with van der Waals surface area (Å²) in [6.45, 7) is 27.8. The van der Waals surface area contributed by atoms with Crippen molar-refractivity contribution in [2.45, 2.75) is 129 Å². The standard InChI is InChI=1S/C51H61OP/c1-48(2,3)38-26-36(27-39(30-38)49(4,5)6)45-32-42(52)33-46(37-28-40(50(7,8)9)31-41(29-37)51(10,11)12)53(45)47-43(34-20-15-13-16-21-34)24-19-25-44(47)35-22-17-14-18-23-35/h13-31,45-46H,32-33H2,1-12H3. The third-order valence-corrected chi connectivity index (χ3v) is 14.4. The highest BCUT2D eigenvalue weighted by Crippen LogP contribution is 2.68. The lowest BCUT2D eigenvalue weighted by atomic mass is 9.78. The van der Waals surface area contributed by atoms with Crippen LogP contribution in [0.3, 0.4) is 0 Å². The minimum Gasteiger partial charge on any atom is -0.300 e. The Bertz CT molecular complexity index is 1870. The fraction of sp³-hybridized carbons (Fsp3) is 0.392. The predicted molar refractivity (Wildman–Crippen MR) is 231 cm³/mol. The summed E-state index contributed by atoms with van der Waals surface area (Å²) in [5.41, 5.74) is 13.0. The molecule has 0 amide bonds. The Hall–Kier alpha value is -3.80. The topological polar surface area (TPSA) is 17.1 Å². The Kier molecular flexibility index (Phi) is 10.6. The quantitative estimate of drug-likeness (QED) is 0.165. The molecule has 0 aromatic heterocycles. The molecule has 1 nitrogen and oxygen atoms in total. The molecule has 0 aliphatic carbocycles. The van der Waals surface area contributed by atoms with Crippen LogP contribution in [0.4, 0.5) is 0 Å². The van der Waals surface area contributed by atoms with Crippen molar-refractivity contribution < 1.29 is 4.79 Å². The van der Waals surface area contributed by atoms with Crippen LogP contribution < -0.4 is 5.30 Å². The zero-order chi connectivity index (χ0) is 38.5. The first kappa shape index (κ1) is 38.9. The summed E-state index contributed by atoms with van der Waals surface area (Å²) in [6.07, 6.45) is 1.11. The lowest BCUT2D eigenvalue weighted by Crippen LogP contribution is -2.27. The summed E-state index contributed by atoms with van der Waals surface area (Å²) in [6, 6.07) is 43.5. The molecule has 2 heteroatoms. The van der Waals surface area contributed by atoms with Crippen molar-refractivity contribution in [2.75, 3.05) is 0 Å². The van der Waals surface area contributed by atoms with Gasteiger partial charge in [0, 0.05) is 24.2 Å². The van der Waals surface area contributed by atoms with Crippen LogP contribution >= 0.6 is 7.92 Å². The second-order valence-corrected chi connectivity index (χ2v) is 22.0. The molecule has 0 N–H and O–H groups in total. The largest absolute Gasteiger partial charge is 0.300 e. The van der Waals surface area contributed by atoms with Crippen LogP contribution in [0, 0.1) is 0 Å². The highest BCUT2D eigenvalue weighted by molar-refractivity contribution is 7.67. The maximum Gasteiger partial charge on any atom is 0.134 e. The summed E-state index contributed by atoms with van der Waals surface area (Å²) in [5, 5.41) is 1.42. The minimum absolute atomic E-state index is 0.0311. The van der Waals surface area contributed by atoms with E-state index in [9.17, 15) is 4.79 Å². The van der Waals surface area contributed by atoms with Gasteiger partial charge in [-0.3, -0.25) is 4.79 Å². The second kappa shape index (κ2) is 14.5. The number of benzene rings is 5. The number of rotatable bonds is 5. The van der Waals surface area contributed by atoms with Gasteiger partial charge in [0.1, 0.15) is 5.78 Å². The maximum atomic E-state index is 14.5. The molecule has 6 rings (SSSR count). The van der Waals surface area contributed by atoms with Gasteiger partial charge < -0.3 is 0 Å². The van der Waals surface area contributed by atoms with Crippen LogP contribution in [0.5, 0.6) is 0 Å². The van der Waals surface area contributed by atoms with Crippen LogP contribution in [0.25, 0.3) is 22.3 Å². The SMILES string of the molecule is CC(C)(C)c1cc(C2CC(=O)CC(c3cc(C(C)(C)C)cc(C(C)(C)C)c3)P2c2c(-c3ccccc3)cccc2-c2ccccc2)cc(C(C)(C)C)c1. The molecule has 5 aromatic rings. The zero-order valence-electron chi connectivity index (χ0n) is 34.4. The van der Waals surface area contributed by atoms with Gasteiger partial charge in [-0.05, 0) is 82.6 Å². The van der Waals surface area contributed by atoms with Crippen LogP contribution in [-0.2, 0) is 26.5 Å². The fourth-order valence-electron chi connectivity index (χ4n) is 7.74. The Morgan fingerprint density at radius 2 is 0.755 bits per heavy atom. The molecule has 276 valence electrons. The van der Waals surface area contributed by atoms with Gasteiger partial charge in [0.2, 0.25) is 0 Å². The Morgan fingerprint density at radius 1 is 0.434 bits per heavy atom. The lowest BCUT2D eigenvalue weighted by Gasteiger charge is -2.42. The van der Waals surface area contributed by atoms with E-state index in [0.29, 0.717) is 18.6 Å². The first-order chi connectivity index (χ1) is 24.7. The van der Waals surface area contributed by atoms with E-state index in [-0.39, 0.29) is 33.0 Å². The van der Waals surface area contributed by atoms with Crippen LogP contribution in [-0.4, -0.2) is 5.78 Å². The van der Waals surface area contributed by atoms with Gasteiger partial charge in [-0.2, -0.15) is 0 Å². The smallest absolute Gasteiger partial charge is 0.134 e. The molecule has 0 spiro atoms. The van der Waals surface area contributed by atoms with Gasteiger partial charge in [-0.25, -0.2) is 0 Å². The van der Waals surface area contributed by atoms with Crippen molar-refractivity contribution in [3.8, 4) is 22.3 Å². The van der Waals surface area contributed by atoms with Crippen molar-refractivity contribution in [1.82, 2.24) is 0 Å². The van der Waals surface area contributed by atoms with E-state index in [1.165, 1.54) is 60.9 Å². The summed E-state index contributed by atoms with van der Waals surface area (Å²) in [5.74, 6) is 0.370. The third kappa shape index (κ3) is 8.47. The van der Waals surface area contributed by atoms with Crippen molar-refractivity contribution in [3.63, 3.8) is 0 Å². The maximum absolute atomic E-state index is 14.5. The Morgan fingerprint density at radius 3 is 1.06 bits per heavy atom. The van der Waals surface area contributed by atoms with Gasteiger partial charge >= 0.3 is 0 Å². The predicted octanol–water partition coefficient (Wildman–Crippen LogP) is 14.2. The number of hydrogen-bond donors (Lipinski definition) is 0. The third-order valence-electron chi connectivity index (χ3n) is 11.1. The highest BCUT2D eigenvalue weighted by atomic mass is 31.1. The molecule has 5 aromatic carbocycles. The highest BCUT2D eigenvalue weighted by Gasteiger charge is 2.43.